The van der Waals surface area contributed by atoms with Crippen LogP contribution in [0.25, 0.3) is 0 Å². The molecule has 2 saturated heterocycles. The summed E-state index contributed by atoms with van der Waals surface area (Å²) < 4.78 is 0. The highest BCUT2D eigenvalue weighted by Crippen LogP contribution is 2.11. The van der Waals surface area contributed by atoms with Crippen LogP contribution in [0.4, 0.5) is 0 Å². The molecule has 2 aliphatic heterocycles. The minimum atomic E-state index is 0.156. The van der Waals surface area contributed by atoms with Gasteiger partial charge in [-0.05, 0) is 24.6 Å². The molecule has 0 atom stereocenters. The lowest BCUT2D eigenvalue weighted by Crippen LogP contribution is -2.53. The summed E-state index contributed by atoms with van der Waals surface area (Å²) in [6.07, 6.45) is 0. The zero-order chi connectivity index (χ0) is 21.3. The minimum absolute atomic E-state index is 0.156. The zero-order valence-electron chi connectivity index (χ0n) is 18.9. The highest BCUT2D eigenvalue weighted by molar-refractivity contribution is 5.80. The molecule has 2 fully saturated rings. The molecule has 1 aromatic carbocycles. The summed E-state index contributed by atoms with van der Waals surface area (Å²) in [7, 11) is 0. The van der Waals surface area contributed by atoms with Crippen LogP contribution in [0, 0.1) is 0 Å². The lowest BCUT2D eigenvalue weighted by Gasteiger charge is -2.36. The molecule has 30 heavy (non-hydrogen) atoms. The van der Waals surface area contributed by atoms with E-state index >= 15 is 0 Å². The Morgan fingerprint density at radius 1 is 0.867 bits per heavy atom. The smallest absolute Gasteiger partial charge is 0.219 e. The van der Waals surface area contributed by atoms with Gasteiger partial charge in [-0.2, -0.15) is 0 Å². The highest BCUT2D eigenvalue weighted by atomic mass is 16.2. The normalized spacial score (nSPS) is 19.2. The number of guanidine groups is 1. The summed E-state index contributed by atoms with van der Waals surface area (Å²) in [5.41, 5.74) is 2.60. The number of rotatable bonds is 6. The number of likely N-dealkylation sites (N-methyl/N-ethyl adjacent to an activating group) is 1. The molecule has 2 heterocycles. The molecule has 1 aromatic rings. The molecule has 0 unspecified atom stereocenters. The molecule has 7 heteroatoms. The summed E-state index contributed by atoms with van der Waals surface area (Å²) in [4.78, 5) is 25.6. The second-order valence-electron chi connectivity index (χ2n) is 8.19. The molecule has 0 spiro atoms. The number of hydrogen-bond acceptors (Lipinski definition) is 4. The van der Waals surface area contributed by atoms with Crippen LogP contribution in [0.1, 0.15) is 31.9 Å². The first kappa shape index (κ1) is 22.6. The third-order valence-electron chi connectivity index (χ3n) is 6.11. The van der Waals surface area contributed by atoms with Crippen molar-refractivity contribution in [3.63, 3.8) is 0 Å². The van der Waals surface area contributed by atoms with Crippen LogP contribution in [0.5, 0.6) is 0 Å². The third-order valence-corrected chi connectivity index (χ3v) is 6.11. The molecule has 0 saturated carbocycles. The van der Waals surface area contributed by atoms with Gasteiger partial charge in [0.1, 0.15) is 0 Å². The van der Waals surface area contributed by atoms with Gasteiger partial charge in [0.2, 0.25) is 5.91 Å². The van der Waals surface area contributed by atoms with E-state index < -0.39 is 0 Å². The second-order valence-corrected chi connectivity index (χ2v) is 8.19. The van der Waals surface area contributed by atoms with Gasteiger partial charge >= 0.3 is 0 Å². The fourth-order valence-corrected chi connectivity index (χ4v) is 4.10. The van der Waals surface area contributed by atoms with E-state index in [4.69, 9.17) is 4.99 Å². The van der Waals surface area contributed by atoms with Crippen LogP contribution < -0.4 is 5.32 Å². The van der Waals surface area contributed by atoms with Crippen LogP contribution in [0.3, 0.4) is 0 Å². The van der Waals surface area contributed by atoms with E-state index in [9.17, 15) is 4.79 Å². The summed E-state index contributed by atoms with van der Waals surface area (Å²) in [5, 5.41) is 3.40. The Labute approximate surface area is 181 Å². The van der Waals surface area contributed by atoms with Crippen molar-refractivity contribution in [1.82, 2.24) is 24.9 Å². The lowest BCUT2D eigenvalue weighted by atomic mass is 10.1. The zero-order valence-corrected chi connectivity index (χ0v) is 18.9. The van der Waals surface area contributed by atoms with Gasteiger partial charge in [-0.3, -0.25) is 9.69 Å². The number of nitrogens with one attached hydrogen (secondary N) is 1. The first-order valence-corrected chi connectivity index (χ1v) is 11.4. The van der Waals surface area contributed by atoms with E-state index in [1.54, 1.807) is 6.92 Å². The van der Waals surface area contributed by atoms with E-state index in [0.717, 1.165) is 64.9 Å². The van der Waals surface area contributed by atoms with Crippen LogP contribution in [0.2, 0.25) is 0 Å². The van der Waals surface area contributed by atoms with Crippen molar-refractivity contribution in [2.24, 2.45) is 4.99 Å². The minimum Gasteiger partial charge on any atom is -0.357 e. The van der Waals surface area contributed by atoms with E-state index in [1.165, 1.54) is 24.2 Å². The second kappa shape index (κ2) is 11.3. The fourth-order valence-electron chi connectivity index (χ4n) is 4.10. The lowest BCUT2D eigenvalue weighted by molar-refractivity contribution is -0.130. The molecule has 166 valence electrons. The van der Waals surface area contributed by atoms with Crippen LogP contribution in [0.15, 0.2) is 29.3 Å². The Hall–Kier alpha value is -2.12. The maximum Gasteiger partial charge on any atom is 0.219 e. The summed E-state index contributed by atoms with van der Waals surface area (Å²) in [5.74, 6) is 1.10. The largest absolute Gasteiger partial charge is 0.357 e. The first-order chi connectivity index (χ1) is 14.6. The summed E-state index contributed by atoms with van der Waals surface area (Å²) >= 11 is 0. The highest BCUT2D eigenvalue weighted by Gasteiger charge is 2.21. The van der Waals surface area contributed by atoms with Crippen molar-refractivity contribution in [2.45, 2.75) is 33.9 Å². The van der Waals surface area contributed by atoms with E-state index in [2.05, 4.69) is 58.1 Å². The van der Waals surface area contributed by atoms with Crippen LogP contribution in [-0.2, 0) is 17.9 Å². The van der Waals surface area contributed by atoms with E-state index in [0.29, 0.717) is 6.54 Å². The maximum atomic E-state index is 11.5. The number of aliphatic imine (C=N–C) groups is 1. The standard InChI is InChI=1S/C23H38N6O/c1-4-24-23(29-16-14-28(15-17-29)20(3)30)25-18-21-6-8-22(9-7-21)19-27-12-10-26(5-2)11-13-27/h6-9H,4-5,10-19H2,1-3H3,(H,24,25). The average Bonchev–Trinajstić information content (AvgIpc) is 2.78. The number of benzene rings is 1. The third kappa shape index (κ3) is 6.44. The Balaban J connectivity index is 1.51. The van der Waals surface area contributed by atoms with Gasteiger partial charge in [0.15, 0.2) is 5.96 Å². The van der Waals surface area contributed by atoms with Gasteiger partial charge in [0.25, 0.3) is 0 Å². The quantitative estimate of drug-likeness (QED) is 0.564. The number of piperazine rings is 2. The van der Waals surface area contributed by atoms with Gasteiger partial charge in [-0.1, -0.05) is 31.2 Å². The maximum absolute atomic E-state index is 11.5. The van der Waals surface area contributed by atoms with Crippen molar-refractivity contribution in [1.29, 1.82) is 0 Å². The number of amides is 1. The van der Waals surface area contributed by atoms with Gasteiger partial charge in [0.05, 0.1) is 6.54 Å². The van der Waals surface area contributed by atoms with Gasteiger partial charge in [-0.15, -0.1) is 0 Å². The van der Waals surface area contributed by atoms with E-state index in [1.807, 2.05) is 4.90 Å². The SMILES string of the molecule is CCNC(=NCc1ccc(CN2CCN(CC)CC2)cc1)N1CCN(C(C)=O)CC1. The van der Waals surface area contributed by atoms with Crippen molar-refractivity contribution >= 4 is 11.9 Å². The molecular weight excluding hydrogens is 376 g/mol. The predicted molar refractivity (Wildman–Crippen MR) is 122 cm³/mol. The number of nitrogens with zero attached hydrogens (tertiary/aromatic N) is 5. The summed E-state index contributed by atoms with van der Waals surface area (Å²) in [6, 6.07) is 8.90. The van der Waals surface area contributed by atoms with E-state index in [-0.39, 0.29) is 5.91 Å². The molecule has 0 aliphatic carbocycles. The molecule has 0 bridgehead atoms. The average molecular weight is 415 g/mol. The Morgan fingerprint density at radius 3 is 2.00 bits per heavy atom. The van der Waals surface area contributed by atoms with Crippen molar-refractivity contribution in [3.8, 4) is 0 Å². The van der Waals surface area contributed by atoms with Crippen molar-refractivity contribution < 1.29 is 4.79 Å². The fraction of sp³-hybridized carbons (Fsp3) is 0.652. The monoisotopic (exact) mass is 414 g/mol. The van der Waals surface area contributed by atoms with Gasteiger partial charge < -0.3 is 20.0 Å². The molecule has 1 amide bonds. The molecule has 3 rings (SSSR count). The summed E-state index contributed by atoms with van der Waals surface area (Å²) in [6.45, 7) is 17.5. The predicted octanol–water partition coefficient (Wildman–Crippen LogP) is 1.45. The van der Waals surface area contributed by atoms with Crippen molar-refractivity contribution in [3.05, 3.63) is 35.4 Å². The molecule has 0 aromatic heterocycles. The van der Waals surface area contributed by atoms with Crippen molar-refractivity contribution in [2.75, 3.05) is 65.4 Å². The molecule has 7 nitrogen and oxygen atoms in total. The van der Waals surface area contributed by atoms with Crippen LogP contribution in [-0.4, -0.2) is 96.9 Å². The molecule has 2 aliphatic rings. The molecular formula is C23H38N6O. The van der Waals surface area contributed by atoms with Crippen LogP contribution >= 0.6 is 0 Å². The molecule has 0 radical (unpaired) electrons. The molecule has 1 N–H and O–H groups in total. The number of carbonyl (C=O) groups is 1. The topological polar surface area (TPSA) is 54.4 Å². The Morgan fingerprint density at radius 2 is 1.43 bits per heavy atom. The van der Waals surface area contributed by atoms with Gasteiger partial charge in [0, 0.05) is 72.4 Å². The Kier molecular flexibility index (Phi) is 8.51. The number of carbonyl (C=O) groups excluding carboxylic acids is 1. The van der Waals surface area contributed by atoms with Gasteiger partial charge in [-0.25, -0.2) is 4.99 Å². The number of hydrogen-bond donors (Lipinski definition) is 1. The Bertz CT molecular complexity index is 688. The first-order valence-electron chi connectivity index (χ1n) is 11.4.